The Labute approximate surface area is 113 Å². The van der Waals surface area contributed by atoms with Crippen molar-refractivity contribution in [1.29, 1.82) is 0 Å². The lowest BCUT2D eigenvalue weighted by Crippen LogP contribution is -2.20. The van der Waals surface area contributed by atoms with E-state index in [0.717, 1.165) is 22.7 Å². The van der Waals surface area contributed by atoms with E-state index in [4.69, 9.17) is 0 Å². The molecule has 0 saturated carbocycles. The molecule has 1 aromatic rings. The number of rotatable bonds is 5. The molecule has 2 rings (SSSR count). The Morgan fingerprint density at radius 3 is 3.00 bits per heavy atom. The normalized spacial score (nSPS) is 15.8. The molecule has 1 heterocycles. The van der Waals surface area contributed by atoms with Gasteiger partial charge in [0.1, 0.15) is 0 Å². The van der Waals surface area contributed by atoms with E-state index in [-0.39, 0.29) is 5.91 Å². The smallest absolute Gasteiger partial charge is 0.234 e. The number of fused-ring (bicyclic) bond motifs is 1. The number of thioether (sulfide) groups is 1. The van der Waals surface area contributed by atoms with Gasteiger partial charge in [-0.2, -0.15) is 0 Å². The zero-order chi connectivity index (χ0) is 13.0. The van der Waals surface area contributed by atoms with Crippen molar-refractivity contribution in [1.82, 2.24) is 0 Å². The second kappa shape index (κ2) is 6.14. The van der Waals surface area contributed by atoms with Gasteiger partial charge in [-0.1, -0.05) is 20.3 Å². The number of hydrogen-bond acceptors (Lipinski definition) is 3. The summed E-state index contributed by atoms with van der Waals surface area (Å²) in [5.41, 5.74) is 2.03. The summed E-state index contributed by atoms with van der Waals surface area (Å²) in [6, 6.07) is 6.74. The summed E-state index contributed by atoms with van der Waals surface area (Å²) in [6.45, 7) is 4.40. The van der Waals surface area contributed by atoms with Gasteiger partial charge in [-0.15, -0.1) is 11.8 Å². The van der Waals surface area contributed by atoms with Crippen LogP contribution in [0.25, 0.3) is 0 Å². The number of hydrogen-bond donors (Lipinski definition) is 2. The zero-order valence-electron chi connectivity index (χ0n) is 11.0. The van der Waals surface area contributed by atoms with Crippen molar-refractivity contribution >= 4 is 29.0 Å². The Bertz CT molecular complexity index is 434. The Balaban J connectivity index is 2.10. The van der Waals surface area contributed by atoms with E-state index >= 15 is 0 Å². The van der Waals surface area contributed by atoms with Crippen LogP contribution in [0.3, 0.4) is 0 Å². The van der Waals surface area contributed by atoms with Crippen LogP contribution in [-0.4, -0.2) is 17.7 Å². The van der Waals surface area contributed by atoms with Gasteiger partial charge in [0.25, 0.3) is 0 Å². The SMILES string of the molecule is CCCC(CC)Nc1ccc2c(c1)NC(=O)CS2. The van der Waals surface area contributed by atoms with E-state index in [1.54, 1.807) is 11.8 Å². The molecule has 1 unspecified atom stereocenters. The second-order valence-corrected chi connectivity index (χ2v) is 5.60. The van der Waals surface area contributed by atoms with E-state index in [2.05, 4.69) is 36.6 Å². The molecule has 0 fully saturated rings. The molecule has 1 atom stereocenters. The predicted molar refractivity (Wildman–Crippen MR) is 78.4 cm³/mol. The molecule has 0 bridgehead atoms. The molecular weight excluding hydrogens is 244 g/mol. The third kappa shape index (κ3) is 3.19. The first-order valence-electron chi connectivity index (χ1n) is 6.56. The van der Waals surface area contributed by atoms with E-state index < -0.39 is 0 Å². The van der Waals surface area contributed by atoms with E-state index in [9.17, 15) is 4.79 Å². The molecule has 0 saturated heterocycles. The highest BCUT2D eigenvalue weighted by atomic mass is 32.2. The molecule has 1 aliphatic heterocycles. The van der Waals surface area contributed by atoms with E-state index in [1.807, 2.05) is 6.07 Å². The Morgan fingerprint density at radius 2 is 2.28 bits per heavy atom. The summed E-state index contributed by atoms with van der Waals surface area (Å²) >= 11 is 1.60. The number of carbonyl (C=O) groups is 1. The largest absolute Gasteiger partial charge is 0.382 e. The monoisotopic (exact) mass is 264 g/mol. The van der Waals surface area contributed by atoms with Crippen LogP contribution in [0.4, 0.5) is 11.4 Å². The molecule has 0 radical (unpaired) electrons. The lowest BCUT2D eigenvalue weighted by Gasteiger charge is -2.21. The van der Waals surface area contributed by atoms with Gasteiger partial charge in [0.05, 0.1) is 11.4 Å². The van der Waals surface area contributed by atoms with Crippen LogP contribution in [0.15, 0.2) is 23.1 Å². The summed E-state index contributed by atoms with van der Waals surface area (Å²) in [4.78, 5) is 12.5. The van der Waals surface area contributed by atoms with Crippen LogP contribution >= 0.6 is 11.8 Å². The predicted octanol–water partition coefficient (Wildman–Crippen LogP) is 3.72. The minimum absolute atomic E-state index is 0.0882. The van der Waals surface area contributed by atoms with Gasteiger partial charge >= 0.3 is 0 Å². The molecule has 98 valence electrons. The summed E-state index contributed by atoms with van der Waals surface area (Å²) in [6.07, 6.45) is 3.48. The quantitative estimate of drug-likeness (QED) is 0.851. The number of carbonyl (C=O) groups excluding carboxylic acids is 1. The van der Waals surface area contributed by atoms with Gasteiger partial charge < -0.3 is 10.6 Å². The average molecular weight is 264 g/mol. The van der Waals surface area contributed by atoms with Crippen LogP contribution in [-0.2, 0) is 4.79 Å². The average Bonchev–Trinajstić information content (AvgIpc) is 2.37. The highest BCUT2D eigenvalue weighted by molar-refractivity contribution is 8.00. The molecule has 1 amide bonds. The molecule has 0 spiro atoms. The summed E-state index contributed by atoms with van der Waals surface area (Å²) in [5, 5.41) is 6.46. The molecule has 1 aliphatic rings. The molecule has 1 aromatic carbocycles. The lowest BCUT2D eigenvalue weighted by molar-refractivity contribution is -0.113. The molecular formula is C14H20N2OS. The fraction of sp³-hybridized carbons (Fsp3) is 0.500. The molecule has 18 heavy (non-hydrogen) atoms. The number of nitrogens with one attached hydrogen (secondary N) is 2. The Kier molecular flexibility index (Phi) is 4.53. The molecule has 0 aliphatic carbocycles. The highest BCUT2D eigenvalue weighted by Crippen LogP contribution is 2.33. The van der Waals surface area contributed by atoms with Crippen molar-refractivity contribution in [3.8, 4) is 0 Å². The van der Waals surface area contributed by atoms with Crippen molar-refractivity contribution in [2.24, 2.45) is 0 Å². The Hall–Kier alpha value is -1.16. The topological polar surface area (TPSA) is 41.1 Å². The third-order valence-electron chi connectivity index (χ3n) is 3.11. The minimum Gasteiger partial charge on any atom is -0.382 e. The minimum atomic E-state index is 0.0882. The summed E-state index contributed by atoms with van der Waals surface area (Å²) in [7, 11) is 0. The first-order valence-corrected chi connectivity index (χ1v) is 7.54. The van der Waals surface area contributed by atoms with Crippen LogP contribution in [0, 0.1) is 0 Å². The van der Waals surface area contributed by atoms with Crippen molar-refractivity contribution in [3.63, 3.8) is 0 Å². The number of anilines is 2. The fourth-order valence-corrected chi connectivity index (χ4v) is 2.92. The maximum absolute atomic E-state index is 11.4. The van der Waals surface area contributed by atoms with Gasteiger partial charge in [0, 0.05) is 16.6 Å². The van der Waals surface area contributed by atoms with E-state index in [1.165, 1.54) is 12.8 Å². The van der Waals surface area contributed by atoms with Gasteiger partial charge in [-0.25, -0.2) is 0 Å². The van der Waals surface area contributed by atoms with Gasteiger partial charge in [0.15, 0.2) is 0 Å². The van der Waals surface area contributed by atoms with Crippen molar-refractivity contribution in [2.75, 3.05) is 16.4 Å². The second-order valence-electron chi connectivity index (χ2n) is 4.59. The summed E-state index contributed by atoms with van der Waals surface area (Å²) in [5.74, 6) is 0.609. The Morgan fingerprint density at radius 1 is 1.44 bits per heavy atom. The van der Waals surface area contributed by atoms with Crippen molar-refractivity contribution in [3.05, 3.63) is 18.2 Å². The standard InChI is InChI=1S/C14H20N2OS/c1-3-5-10(4-2)15-11-6-7-13-12(8-11)16-14(17)9-18-13/h6-8,10,15H,3-5,9H2,1-2H3,(H,16,17). The van der Waals surface area contributed by atoms with Crippen LogP contribution < -0.4 is 10.6 Å². The lowest BCUT2D eigenvalue weighted by atomic mass is 10.1. The van der Waals surface area contributed by atoms with Crippen LogP contribution in [0.5, 0.6) is 0 Å². The molecule has 3 nitrogen and oxygen atoms in total. The molecule has 2 N–H and O–H groups in total. The number of amides is 1. The summed E-state index contributed by atoms with van der Waals surface area (Å²) < 4.78 is 0. The first-order chi connectivity index (χ1) is 8.72. The number of benzene rings is 1. The van der Waals surface area contributed by atoms with Crippen molar-refractivity contribution in [2.45, 2.75) is 44.0 Å². The third-order valence-corrected chi connectivity index (χ3v) is 4.19. The van der Waals surface area contributed by atoms with Crippen molar-refractivity contribution < 1.29 is 4.79 Å². The zero-order valence-corrected chi connectivity index (χ0v) is 11.8. The maximum atomic E-state index is 11.4. The fourth-order valence-electron chi connectivity index (χ4n) is 2.14. The first kappa shape index (κ1) is 13.3. The van der Waals surface area contributed by atoms with Crippen LogP contribution in [0.1, 0.15) is 33.1 Å². The maximum Gasteiger partial charge on any atom is 0.234 e. The van der Waals surface area contributed by atoms with Gasteiger partial charge in [-0.3, -0.25) is 4.79 Å². The molecule has 0 aromatic heterocycles. The van der Waals surface area contributed by atoms with E-state index in [0.29, 0.717) is 11.8 Å². The van der Waals surface area contributed by atoms with Gasteiger partial charge in [-0.05, 0) is 31.0 Å². The highest BCUT2D eigenvalue weighted by Gasteiger charge is 2.15. The van der Waals surface area contributed by atoms with Crippen LogP contribution in [0.2, 0.25) is 0 Å². The molecule has 4 heteroatoms. The van der Waals surface area contributed by atoms with Gasteiger partial charge in [0.2, 0.25) is 5.91 Å².